The van der Waals surface area contributed by atoms with Gasteiger partial charge in [-0.1, -0.05) is 97.1 Å². The standard InChI is InChI=1S/C14H10O.C13H10/c15-14-9-10-5-1-2-6-11(10)12-7-3-4-8-13(12)14;1-3-7-12-10(5-1)9-11-6-2-4-8-13(11)12/h1-8H,9H2;1-8H,9H2. The number of fused-ring (bicyclic) bond motifs is 6. The summed E-state index contributed by atoms with van der Waals surface area (Å²) in [6.07, 6.45) is 1.64. The smallest absolute Gasteiger partial charge is 0.167 e. The van der Waals surface area contributed by atoms with E-state index in [1.54, 1.807) is 0 Å². The van der Waals surface area contributed by atoms with Gasteiger partial charge in [0.2, 0.25) is 0 Å². The van der Waals surface area contributed by atoms with Gasteiger partial charge >= 0.3 is 0 Å². The van der Waals surface area contributed by atoms with Crippen molar-refractivity contribution in [2.75, 3.05) is 0 Å². The Morgan fingerprint density at radius 2 is 0.750 bits per heavy atom. The molecule has 0 aliphatic heterocycles. The van der Waals surface area contributed by atoms with Crippen LogP contribution in [0.5, 0.6) is 0 Å². The molecular weight excluding hydrogens is 340 g/mol. The van der Waals surface area contributed by atoms with Gasteiger partial charge in [-0.05, 0) is 45.4 Å². The second-order valence-corrected chi connectivity index (χ2v) is 7.29. The van der Waals surface area contributed by atoms with Gasteiger partial charge in [0.1, 0.15) is 0 Å². The van der Waals surface area contributed by atoms with Crippen molar-refractivity contribution in [3.8, 4) is 22.3 Å². The highest BCUT2D eigenvalue weighted by atomic mass is 16.1. The van der Waals surface area contributed by atoms with Crippen molar-refractivity contribution < 1.29 is 4.79 Å². The number of hydrogen-bond donors (Lipinski definition) is 0. The molecule has 6 rings (SSSR count). The molecule has 0 aromatic heterocycles. The topological polar surface area (TPSA) is 17.1 Å². The van der Waals surface area contributed by atoms with Crippen LogP contribution in [-0.4, -0.2) is 5.78 Å². The minimum atomic E-state index is 0.226. The first kappa shape index (κ1) is 16.7. The van der Waals surface area contributed by atoms with E-state index < -0.39 is 0 Å². The molecule has 0 heterocycles. The summed E-state index contributed by atoms with van der Waals surface area (Å²) in [5, 5.41) is 0. The molecule has 0 N–H and O–H groups in total. The zero-order valence-electron chi connectivity index (χ0n) is 15.6. The lowest BCUT2D eigenvalue weighted by molar-refractivity contribution is 0.0992. The van der Waals surface area contributed by atoms with E-state index in [1.165, 1.54) is 27.8 Å². The number of benzene rings is 4. The van der Waals surface area contributed by atoms with E-state index in [2.05, 4.69) is 54.6 Å². The molecule has 2 aliphatic rings. The van der Waals surface area contributed by atoms with E-state index >= 15 is 0 Å². The highest BCUT2D eigenvalue weighted by molar-refractivity contribution is 6.07. The van der Waals surface area contributed by atoms with Gasteiger partial charge in [-0.3, -0.25) is 4.79 Å². The number of Topliss-reactive ketones (excluding diaryl/α,β-unsaturated/α-hetero) is 1. The zero-order chi connectivity index (χ0) is 18.9. The van der Waals surface area contributed by atoms with Gasteiger partial charge in [-0.15, -0.1) is 0 Å². The molecule has 4 aromatic rings. The molecule has 0 spiro atoms. The van der Waals surface area contributed by atoms with Gasteiger partial charge in [0.05, 0.1) is 0 Å². The molecule has 134 valence electrons. The van der Waals surface area contributed by atoms with Crippen LogP contribution in [0, 0.1) is 0 Å². The molecular formula is C27H20O. The van der Waals surface area contributed by atoms with Gasteiger partial charge in [0, 0.05) is 12.0 Å². The van der Waals surface area contributed by atoms with Crippen molar-refractivity contribution in [3.05, 3.63) is 119 Å². The third-order valence-corrected chi connectivity index (χ3v) is 5.59. The van der Waals surface area contributed by atoms with Crippen molar-refractivity contribution >= 4 is 5.78 Å². The molecule has 0 saturated heterocycles. The monoisotopic (exact) mass is 360 g/mol. The molecule has 0 fully saturated rings. The fourth-order valence-corrected chi connectivity index (χ4v) is 4.25. The van der Waals surface area contributed by atoms with Crippen molar-refractivity contribution in [2.24, 2.45) is 0 Å². The van der Waals surface area contributed by atoms with E-state index in [1.807, 2.05) is 42.5 Å². The van der Waals surface area contributed by atoms with Crippen LogP contribution in [0.4, 0.5) is 0 Å². The Morgan fingerprint density at radius 1 is 0.393 bits per heavy atom. The van der Waals surface area contributed by atoms with E-state index in [0.717, 1.165) is 23.1 Å². The molecule has 2 aliphatic carbocycles. The molecule has 0 unspecified atom stereocenters. The van der Waals surface area contributed by atoms with Gasteiger partial charge in [-0.25, -0.2) is 0 Å². The first-order valence-electron chi connectivity index (χ1n) is 9.68. The first-order chi connectivity index (χ1) is 13.8. The quantitative estimate of drug-likeness (QED) is 0.314. The van der Waals surface area contributed by atoms with Crippen LogP contribution in [0.3, 0.4) is 0 Å². The average Bonchev–Trinajstić information content (AvgIpc) is 3.13. The Balaban J connectivity index is 0.000000123. The predicted octanol–water partition coefficient (Wildman–Crippen LogP) is 6.35. The third-order valence-electron chi connectivity index (χ3n) is 5.59. The summed E-state index contributed by atoms with van der Waals surface area (Å²) in [5.74, 6) is 0.226. The zero-order valence-corrected chi connectivity index (χ0v) is 15.6. The average molecular weight is 360 g/mol. The molecule has 4 aromatic carbocycles. The lowest BCUT2D eigenvalue weighted by Gasteiger charge is -2.18. The number of hydrogen-bond acceptors (Lipinski definition) is 1. The highest BCUT2D eigenvalue weighted by Crippen LogP contribution is 2.35. The fourth-order valence-electron chi connectivity index (χ4n) is 4.25. The largest absolute Gasteiger partial charge is 0.294 e. The summed E-state index contributed by atoms with van der Waals surface area (Å²) in [5.41, 5.74) is 10.0. The molecule has 1 heteroatoms. The Morgan fingerprint density at radius 3 is 1.29 bits per heavy atom. The van der Waals surface area contributed by atoms with E-state index in [-0.39, 0.29) is 5.78 Å². The van der Waals surface area contributed by atoms with Crippen molar-refractivity contribution in [3.63, 3.8) is 0 Å². The molecule has 28 heavy (non-hydrogen) atoms. The molecule has 0 radical (unpaired) electrons. The SMILES string of the molecule is O=C1Cc2ccccc2-c2ccccc21.c1ccc2c(c1)Cc1ccccc1-2. The number of carbonyl (C=O) groups is 1. The Kier molecular flexibility index (Phi) is 4.14. The summed E-state index contributed by atoms with van der Waals surface area (Å²) >= 11 is 0. The van der Waals surface area contributed by atoms with Crippen LogP contribution in [0.2, 0.25) is 0 Å². The normalized spacial score (nSPS) is 12.8. The summed E-state index contributed by atoms with van der Waals surface area (Å²) in [6, 6.07) is 33.3. The van der Waals surface area contributed by atoms with Gasteiger partial charge in [-0.2, -0.15) is 0 Å². The predicted molar refractivity (Wildman–Crippen MR) is 115 cm³/mol. The second-order valence-electron chi connectivity index (χ2n) is 7.29. The first-order valence-corrected chi connectivity index (χ1v) is 9.68. The van der Waals surface area contributed by atoms with E-state index in [4.69, 9.17) is 0 Å². The van der Waals surface area contributed by atoms with E-state index in [9.17, 15) is 4.79 Å². The van der Waals surface area contributed by atoms with Crippen molar-refractivity contribution in [2.45, 2.75) is 12.8 Å². The lowest BCUT2D eigenvalue weighted by Crippen LogP contribution is -2.11. The summed E-state index contributed by atoms with van der Waals surface area (Å²) < 4.78 is 0. The Labute approximate surface area is 165 Å². The number of rotatable bonds is 0. The van der Waals surface area contributed by atoms with Crippen LogP contribution < -0.4 is 0 Å². The third kappa shape index (κ3) is 2.86. The summed E-state index contributed by atoms with van der Waals surface area (Å²) in [4.78, 5) is 11.8. The number of carbonyl (C=O) groups excluding carboxylic acids is 1. The molecule has 0 saturated carbocycles. The van der Waals surface area contributed by atoms with E-state index in [0.29, 0.717) is 6.42 Å². The fraction of sp³-hybridized carbons (Fsp3) is 0.0741. The molecule has 0 amide bonds. The van der Waals surface area contributed by atoms with Crippen molar-refractivity contribution in [1.82, 2.24) is 0 Å². The molecule has 0 bridgehead atoms. The Hall–Kier alpha value is -3.45. The van der Waals surface area contributed by atoms with Crippen LogP contribution in [0.25, 0.3) is 22.3 Å². The van der Waals surface area contributed by atoms with Crippen molar-refractivity contribution in [1.29, 1.82) is 0 Å². The number of ketones is 1. The van der Waals surface area contributed by atoms with Crippen LogP contribution >= 0.6 is 0 Å². The van der Waals surface area contributed by atoms with Gasteiger partial charge < -0.3 is 0 Å². The summed E-state index contributed by atoms with van der Waals surface area (Å²) in [7, 11) is 0. The maximum Gasteiger partial charge on any atom is 0.167 e. The van der Waals surface area contributed by atoms with Crippen LogP contribution in [0.1, 0.15) is 27.0 Å². The molecule has 1 nitrogen and oxygen atoms in total. The highest BCUT2D eigenvalue weighted by Gasteiger charge is 2.21. The lowest BCUT2D eigenvalue weighted by atomic mass is 9.85. The molecule has 0 atom stereocenters. The van der Waals surface area contributed by atoms with Gasteiger partial charge in [0.25, 0.3) is 0 Å². The minimum Gasteiger partial charge on any atom is -0.294 e. The van der Waals surface area contributed by atoms with Crippen LogP contribution in [-0.2, 0) is 12.8 Å². The summed E-state index contributed by atoms with van der Waals surface area (Å²) in [6.45, 7) is 0. The minimum absolute atomic E-state index is 0.226. The maximum atomic E-state index is 11.8. The van der Waals surface area contributed by atoms with Crippen LogP contribution in [0.15, 0.2) is 97.1 Å². The van der Waals surface area contributed by atoms with Gasteiger partial charge in [0.15, 0.2) is 5.78 Å². The second kappa shape index (κ2) is 6.94. The maximum absolute atomic E-state index is 11.8. The Bertz CT molecular complexity index is 1140.